The molecule has 1 N–H and O–H groups in total. The quantitative estimate of drug-likeness (QED) is 0.837. The van der Waals surface area contributed by atoms with Crippen LogP contribution in [0.4, 0.5) is 0 Å². The van der Waals surface area contributed by atoms with Crippen molar-refractivity contribution in [1.29, 1.82) is 0 Å². The minimum atomic E-state index is -0.397. The smallest absolute Gasteiger partial charge is 0.270 e. The lowest BCUT2D eigenvalue weighted by Crippen LogP contribution is -2.38. The summed E-state index contributed by atoms with van der Waals surface area (Å²) in [7, 11) is 0. The van der Waals surface area contributed by atoms with Gasteiger partial charge in [0.25, 0.3) is 11.5 Å². The zero-order valence-corrected chi connectivity index (χ0v) is 10.2. The number of hydrogen-bond acceptors (Lipinski definition) is 4. The average molecular weight is 259 g/mol. The lowest BCUT2D eigenvalue weighted by molar-refractivity contribution is 0.0928. The number of hydrogen-bond donors (Lipinski definition) is 1. The first-order valence-electron chi connectivity index (χ1n) is 6.11. The van der Waals surface area contributed by atoms with Crippen LogP contribution in [0.1, 0.15) is 16.8 Å². The molecule has 6 nitrogen and oxygen atoms in total. The van der Waals surface area contributed by atoms with E-state index in [1.165, 1.54) is 10.6 Å². The molecule has 6 heteroatoms. The molecule has 1 aliphatic rings. The molecular weight excluding hydrogens is 246 g/mol. The van der Waals surface area contributed by atoms with E-state index in [1.807, 2.05) is 0 Å². The Morgan fingerprint density at radius 1 is 1.47 bits per heavy atom. The lowest BCUT2D eigenvalue weighted by atomic mass is 10.2. The summed E-state index contributed by atoms with van der Waals surface area (Å²) in [6.07, 6.45) is 3.69. The average Bonchev–Trinajstić information content (AvgIpc) is 2.92. The summed E-state index contributed by atoms with van der Waals surface area (Å²) >= 11 is 0. The summed E-state index contributed by atoms with van der Waals surface area (Å²) in [6, 6.07) is 5.21. The normalized spacial score (nSPS) is 18.6. The van der Waals surface area contributed by atoms with Crippen molar-refractivity contribution in [2.24, 2.45) is 0 Å². The Kier molecular flexibility index (Phi) is 3.00. The van der Waals surface area contributed by atoms with Gasteiger partial charge in [0, 0.05) is 19.0 Å². The van der Waals surface area contributed by atoms with Crippen LogP contribution in [0.15, 0.2) is 35.4 Å². The molecule has 0 unspecified atom stereocenters. The van der Waals surface area contributed by atoms with Crippen molar-refractivity contribution in [2.75, 3.05) is 13.2 Å². The molecular formula is C13H13N3O3. The largest absolute Gasteiger partial charge is 0.379 e. The summed E-state index contributed by atoms with van der Waals surface area (Å²) in [6.45, 7) is 1.13. The van der Waals surface area contributed by atoms with Crippen molar-refractivity contribution in [1.82, 2.24) is 14.7 Å². The van der Waals surface area contributed by atoms with Crippen LogP contribution in [0.3, 0.4) is 0 Å². The van der Waals surface area contributed by atoms with Gasteiger partial charge in [0.1, 0.15) is 11.2 Å². The molecule has 2 aromatic heterocycles. The Morgan fingerprint density at radius 2 is 2.37 bits per heavy atom. The molecule has 1 fully saturated rings. The third-order valence-electron chi connectivity index (χ3n) is 3.12. The predicted octanol–water partition coefficient (Wildman–Crippen LogP) is 0.213. The highest BCUT2D eigenvalue weighted by molar-refractivity contribution is 5.93. The van der Waals surface area contributed by atoms with Gasteiger partial charge < -0.3 is 10.1 Å². The van der Waals surface area contributed by atoms with E-state index < -0.39 is 5.91 Å². The third-order valence-corrected chi connectivity index (χ3v) is 3.12. The predicted molar refractivity (Wildman–Crippen MR) is 68.2 cm³/mol. The van der Waals surface area contributed by atoms with Gasteiger partial charge in [-0.1, -0.05) is 6.07 Å². The van der Waals surface area contributed by atoms with E-state index in [0.717, 1.165) is 6.42 Å². The maximum absolute atomic E-state index is 12.2. The Hall–Kier alpha value is -2.21. The van der Waals surface area contributed by atoms with Crippen LogP contribution in [0.25, 0.3) is 5.65 Å². The zero-order valence-electron chi connectivity index (χ0n) is 10.2. The molecule has 19 heavy (non-hydrogen) atoms. The first kappa shape index (κ1) is 11.9. The fourth-order valence-corrected chi connectivity index (χ4v) is 2.09. The van der Waals surface area contributed by atoms with Crippen LogP contribution in [-0.4, -0.2) is 34.5 Å². The van der Waals surface area contributed by atoms with E-state index in [2.05, 4.69) is 10.3 Å². The third kappa shape index (κ3) is 2.22. The molecule has 3 rings (SSSR count). The van der Waals surface area contributed by atoms with Gasteiger partial charge >= 0.3 is 0 Å². The van der Waals surface area contributed by atoms with Gasteiger partial charge in [-0.2, -0.15) is 0 Å². The van der Waals surface area contributed by atoms with Crippen LogP contribution in [-0.2, 0) is 4.74 Å². The number of ether oxygens (including phenoxy) is 1. The van der Waals surface area contributed by atoms with Gasteiger partial charge in [-0.3, -0.25) is 14.0 Å². The monoisotopic (exact) mass is 259 g/mol. The Bertz CT molecular complexity index is 674. The second kappa shape index (κ2) is 4.81. The Labute approximate surface area is 109 Å². The molecule has 2 aromatic rings. The highest BCUT2D eigenvalue weighted by Crippen LogP contribution is 2.04. The number of carbonyl (C=O) groups excluding carboxylic acids is 1. The molecule has 0 bridgehead atoms. The highest BCUT2D eigenvalue weighted by atomic mass is 16.5. The van der Waals surface area contributed by atoms with Crippen molar-refractivity contribution in [3.63, 3.8) is 0 Å². The minimum Gasteiger partial charge on any atom is -0.379 e. The van der Waals surface area contributed by atoms with Crippen molar-refractivity contribution in [3.8, 4) is 0 Å². The van der Waals surface area contributed by atoms with E-state index >= 15 is 0 Å². The minimum absolute atomic E-state index is 0.0247. The molecule has 0 saturated carbocycles. The van der Waals surface area contributed by atoms with Gasteiger partial charge in [-0.15, -0.1) is 0 Å². The number of fused-ring (bicyclic) bond motifs is 1. The fraction of sp³-hybridized carbons (Fsp3) is 0.308. The summed E-state index contributed by atoms with van der Waals surface area (Å²) in [5.41, 5.74) is 0.214. The van der Waals surface area contributed by atoms with Crippen LogP contribution < -0.4 is 10.9 Å². The molecule has 0 aromatic carbocycles. The zero-order chi connectivity index (χ0) is 13.2. The molecule has 1 amide bonds. The fourth-order valence-electron chi connectivity index (χ4n) is 2.09. The number of nitrogens with one attached hydrogen (secondary N) is 1. The molecule has 0 spiro atoms. The standard InChI is InChI=1S/C13H13N3O3/c17-12(15-9-4-6-19-8-9)10-7-14-11-3-1-2-5-16(11)13(10)18/h1-3,5,7,9H,4,6,8H2,(H,15,17)/t9-/m1/s1. The lowest BCUT2D eigenvalue weighted by Gasteiger charge is -2.10. The first-order chi connectivity index (χ1) is 9.25. The molecule has 1 atom stereocenters. The number of aromatic nitrogens is 2. The van der Waals surface area contributed by atoms with Crippen molar-refractivity contribution in [3.05, 3.63) is 46.5 Å². The molecule has 98 valence electrons. The van der Waals surface area contributed by atoms with Gasteiger partial charge in [-0.05, 0) is 18.6 Å². The SMILES string of the molecule is O=C(N[C@@H]1CCOC1)c1cnc2ccccn2c1=O. The number of nitrogens with zero attached hydrogens (tertiary/aromatic N) is 2. The summed E-state index contributed by atoms with van der Waals surface area (Å²) in [5.74, 6) is -0.397. The second-order valence-corrected chi connectivity index (χ2v) is 4.44. The number of rotatable bonds is 2. The number of pyridine rings is 1. The van der Waals surface area contributed by atoms with Crippen molar-refractivity contribution >= 4 is 11.6 Å². The number of carbonyl (C=O) groups is 1. The summed E-state index contributed by atoms with van der Waals surface area (Å²) in [5, 5.41) is 2.78. The second-order valence-electron chi connectivity index (χ2n) is 4.44. The molecule has 3 heterocycles. The van der Waals surface area contributed by atoms with Crippen molar-refractivity contribution in [2.45, 2.75) is 12.5 Å². The molecule has 0 aliphatic carbocycles. The Morgan fingerprint density at radius 3 is 3.16 bits per heavy atom. The summed E-state index contributed by atoms with van der Waals surface area (Å²) < 4.78 is 6.54. The van der Waals surface area contributed by atoms with E-state index in [-0.39, 0.29) is 17.2 Å². The Balaban J connectivity index is 1.94. The maximum atomic E-state index is 12.2. The molecule has 1 saturated heterocycles. The summed E-state index contributed by atoms with van der Waals surface area (Å²) in [4.78, 5) is 28.3. The maximum Gasteiger partial charge on any atom is 0.270 e. The van der Waals surface area contributed by atoms with Crippen LogP contribution in [0, 0.1) is 0 Å². The highest BCUT2D eigenvalue weighted by Gasteiger charge is 2.20. The topological polar surface area (TPSA) is 72.7 Å². The van der Waals surface area contributed by atoms with E-state index in [1.54, 1.807) is 24.4 Å². The van der Waals surface area contributed by atoms with Crippen LogP contribution in [0.5, 0.6) is 0 Å². The van der Waals surface area contributed by atoms with Gasteiger partial charge in [0.2, 0.25) is 0 Å². The van der Waals surface area contributed by atoms with Crippen LogP contribution in [0.2, 0.25) is 0 Å². The van der Waals surface area contributed by atoms with E-state index in [0.29, 0.717) is 18.9 Å². The number of amides is 1. The van der Waals surface area contributed by atoms with Gasteiger partial charge in [0.05, 0.1) is 12.6 Å². The van der Waals surface area contributed by atoms with E-state index in [4.69, 9.17) is 4.74 Å². The van der Waals surface area contributed by atoms with Crippen molar-refractivity contribution < 1.29 is 9.53 Å². The van der Waals surface area contributed by atoms with Gasteiger partial charge in [-0.25, -0.2) is 4.98 Å². The first-order valence-corrected chi connectivity index (χ1v) is 6.11. The van der Waals surface area contributed by atoms with Crippen LogP contribution >= 0.6 is 0 Å². The molecule has 1 aliphatic heterocycles. The molecule has 0 radical (unpaired) electrons. The van der Waals surface area contributed by atoms with E-state index in [9.17, 15) is 9.59 Å². The van der Waals surface area contributed by atoms with Gasteiger partial charge in [0.15, 0.2) is 0 Å².